The Morgan fingerprint density at radius 1 is 1.17 bits per heavy atom. The summed E-state index contributed by atoms with van der Waals surface area (Å²) >= 11 is 0. The van der Waals surface area contributed by atoms with Crippen molar-refractivity contribution in [3.8, 4) is 0 Å². The smallest absolute Gasteiger partial charge is 0.162 e. The first-order valence-corrected chi connectivity index (χ1v) is 6.29. The van der Waals surface area contributed by atoms with Crippen molar-refractivity contribution in [3.05, 3.63) is 34.5 Å². The fourth-order valence-corrected chi connectivity index (χ4v) is 3.07. The lowest BCUT2D eigenvalue weighted by Crippen LogP contribution is -2.07. The molecular formula is C15H18N2O. The minimum absolute atomic E-state index is 0.157. The van der Waals surface area contributed by atoms with Crippen LogP contribution in [0.4, 0.5) is 0 Å². The highest BCUT2D eigenvalue weighted by atomic mass is 16.1. The fourth-order valence-electron chi connectivity index (χ4n) is 3.07. The molecule has 0 saturated carbocycles. The van der Waals surface area contributed by atoms with Gasteiger partial charge >= 0.3 is 0 Å². The first kappa shape index (κ1) is 11.5. The average molecular weight is 242 g/mol. The van der Waals surface area contributed by atoms with Crippen molar-refractivity contribution in [2.75, 3.05) is 7.05 Å². The van der Waals surface area contributed by atoms with Crippen molar-refractivity contribution >= 4 is 16.7 Å². The number of aryl methyl sites for hydroxylation is 1. The van der Waals surface area contributed by atoms with E-state index in [1.54, 1.807) is 6.92 Å². The summed E-state index contributed by atoms with van der Waals surface area (Å²) in [6.07, 6.45) is 0. The van der Waals surface area contributed by atoms with E-state index >= 15 is 0 Å². The molecule has 0 atom stereocenters. The molecule has 0 saturated heterocycles. The number of rotatable bonds is 1. The van der Waals surface area contributed by atoms with E-state index in [0.29, 0.717) is 0 Å². The molecule has 0 radical (unpaired) electrons. The number of hydrogen-bond acceptors (Lipinski definition) is 2. The quantitative estimate of drug-likeness (QED) is 0.718. The van der Waals surface area contributed by atoms with E-state index in [-0.39, 0.29) is 5.78 Å². The number of ketones is 1. The van der Waals surface area contributed by atoms with Crippen molar-refractivity contribution in [2.45, 2.75) is 26.9 Å². The zero-order chi connectivity index (χ0) is 13.0. The van der Waals surface area contributed by atoms with Crippen LogP contribution in [0.2, 0.25) is 0 Å². The van der Waals surface area contributed by atoms with Crippen LogP contribution in [0.3, 0.4) is 0 Å². The third-order valence-corrected chi connectivity index (χ3v) is 4.05. The van der Waals surface area contributed by atoms with Gasteiger partial charge in [-0.15, -0.1) is 0 Å². The minimum Gasteiger partial charge on any atom is -0.347 e. The SMILES string of the molecule is CC(=O)c1c(C)n(C)c2cc3c(cc12)CN(C)C3. The molecule has 1 aliphatic rings. The molecule has 94 valence electrons. The highest BCUT2D eigenvalue weighted by Gasteiger charge is 2.21. The Balaban J connectivity index is 2.36. The first-order valence-electron chi connectivity index (χ1n) is 6.29. The van der Waals surface area contributed by atoms with Crippen LogP contribution >= 0.6 is 0 Å². The lowest BCUT2D eigenvalue weighted by atomic mass is 10.0. The number of fused-ring (bicyclic) bond motifs is 2. The zero-order valence-corrected chi connectivity index (χ0v) is 11.4. The van der Waals surface area contributed by atoms with Gasteiger partial charge in [-0.3, -0.25) is 9.69 Å². The molecule has 1 aromatic carbocycles. The third-order valence-electron chi connectivity index (χ3n) is 4.05. The van der Waals surface area contributed by atoms with E-state index in [9.17, 15) is 4.79 Å². The molecule has 3 heteroatoms. The predicted octanol–water partition coefficient (Wildman–Crippen LogP) is 2.63. The zero-order valence-electron chi connectivity index (χ0n) is 11.4. The summed E-state index contributed by atoms with van der Waals surface area (Å²) in [6.45, 7) is 5.66. The molecule has 0 unspecified atom stereocenters. The van der Waals surface area contributed by atoms with Crippen LogP contribution in [0.5, 0.6) is 0 Å². The molecule has 3 nitrogen and oxygen atoms in total. The van der Waals surface area contributed by atoms with Gasteiger partial charge in [0.15, 0.2) is 5.78 Å². The second kappa shape index (κ2) is 3.69. The summed E-state index contributed by atoms with van der Waals surface area (Å²) in [5.41, 5.74) is 5.87. The molecule has 3 rings (SSSR count). The molecule has 0 bridgehead atoms. The van der Waals surface area contributed by atoms with E-state index in [1.165, 1.54) is 16.6 Å². The van der Waals surface area contributed by atoms with Gasteiger partial charge in [0.25, 0.3) is 0 Å². The van der Waals surface area contributed by atoms with Gasteiger partial charge in [0.2, 0.25) is 0 Å². The normalized spacial score (nSPS) is 15.3. The molecule has 0 spiro atoms. The topological polar surface area (TPSA) is 25.2 Å². The molecule has 1 aromatic heterocycles. The molecule has 1 aliphatic heterocycles. The number of Topliss-reactive ketones (excluding diaryl/α,β-unsaturated/α-hetero) is 1. The lowest BCUT2D eigenvalue weighted by molar-refractivity contribution is 0.101. The van der Waals surface area contributed by atoms with Crippen LogP contribution in [0.15, 0.2) is 12.1 Å². The number of carbonyl (C=O) groups is 1. The van der Waals surface area contributed by atoms with Crippen LogP contribution in [-0.2, 0) is 20.1 Å². The van der Waals surface area contributed by atoms with Crippen LogP contribution in [-0.4, -0.2) is 22.3 Å². The van der Waals surface area contributed by atoms with Crippen LogP contribution in [0.1, 0.15) is 34.1 Å². The van der Waals surface area contributed by atoms with Crippen LogP contribution in [0, 0.1) is 6.92 Å². The van der Waals surface area contributed by atoms with Crippen molar-refractivity contribution in [1.29, 1.82) is 0 Å². The number of aromatic nitrogens is 1. The van der Waals surface area contributed by atoms with Crippen molar-refractivity contribution in [1.82, 2.24) is 9.47 Å². The second-order valence-corrected chi connectivity index (χ2v) is 5.39. The Morgan fingerprint density at radius 3 is 2.39 bits per heavy atom. The Hall–Kier alpha value is -1.61. The van der Waals surface area contributed by atoms with E-state index < -0.39 is 0 Å². The van der Waals surface area contributed by atoms with Crippen molar-refractivity contribution < 1.29 is 4.79 Å². The van der Waals surface area contributed by atoms with E-state index in [4.69, 9.17) is 0 Å². The molecule has 0 N–H and O–H groups in total. The van der Waals surface area contributed by atoms with E-state index in [0.717, 1.165) is 29.7 Å². The summed E-state index contributed by atoms with van der Waals surface area (Å²) in [6, 6.07) is 4.45. The second-order valence-electron chi connectivity index (χ2n) is 5.39. The largest absolute Gasteiger partial charge is 0.347 e. The van der Waals surface area contributed by atoms with Gasteiger partial charge in [0, 0.05) is 42.3 Å². The monoisotopic (exact) mass is 242 g/mol. The van der Waals surface area contributed by atoms with E-state index in [2.05, 4.69) is 28.6 Å². The number of hydrogen-bond donors (Lipinski definition) is 0. The molecule has 0 amide bonds. The predicted molar refractivity (Wildman–Crippen MR) is 72.8 cm³/mol. The van der Waals surface area contributed by atoms with Gasteiger partial charge in [-0.05, 0) is 44.2 Å². The molecule has 2 heterocycles. The summed E-state index contributed by atoms with van der Waals surface area (Å²) in [7, 11) is 4.16. The minimum atomic E-state index is 0.157. The maximum atomic E-state index is 11.8. The standard InChI is InChI=1S/C15H18N2O/c1-9-15(10(2)18)13-5-11-7-16(3)8-12(11)6-14(13)17(9)4/h5-6H,7-8H2,1-4H3. The molecule has 0 fully saturated rings. The maximum absolute atomic E-state index is 11.8. The van der Waals surface area contributed by atoms with Gasteiger partial charge in [-0.2, -0.15) is 0 Å². The Labute approximate surface area is 107 Å². The first-order chi connectivity index (χ1) is 8.49. The number of nitrogens with zero attached hydrogens (tertiary/aromatic N) is 2. The highest BCUT2D eigenvalue weighted by Crippen LogP contribution is 2.31. The third kappa shape index (κ3) is 1.44. The van der Waals surface area contributed by atoms with E-state index in [1.807, 2.05) is 14.0 Å². The summed E-state index contributed by atoms with van der Waals surface area (Å²) in [5.74, 6) is 0.157. The highest BCUT2D eigenvalue weighted by molar-refractivity contribution is 6.08. The number of carbonyl (C=O) groups excluding carboxylic acids is 1. The number of benzene rings is 1. The van der Waals surface area contributed by atoms with Crippen molar-refractivity contribution in [2.24, 2.45) is 7.05 Å². The summed E-state index contributed by atoms with van der Waals surface area (Å²) in [5, 5.41) is 1.11. The van der Waals surface area contributed by atoms with Gasteiger partial charge in [0.1, 0.15) is 0 Å². The maximum Gasteiger partial charge on any atom is 0.162 e. The summed E-state index contributed by atoms with van der Waals surface area (Å²) in [4.78, 5) is 14.1. The molecule has 0 aliphatic carbocycles. The van der Waals surface area contributed by atoms with Crippen LogP contribution in [0.25, 0.3) is 10.9 Å². The van der Waals surface area contributed by atoms with Gasteiger partial charge < -0.3 is 4.57 Å². The molecule has 18 heavy (non-hydrogen) atoms. The molecular weight excluding hydrogens is 224 g/mol. The molecule has 2 aromatic rings. The Bertz CT molecular complexity index is 667. The summed E-state index contributed by atoms with van der Waals surface area (Å²) < 4.78 is 2.13. The van der Waals surface area contributed by atoms with Gasteiger partial charge in [-0.1, -0.05) is 0 Å². The average Bonchev–Trinajstić information content (AvgIpc) is 2.75. The van der Waals surface area contributed by atoms with Gasteiger partial charge in [-0.25, -0.2) is 0 Å². The Morgan fingerprint density at radius 2 is 1.78 bits per heavy atom. The fraction of sp³-hybridized carbons (Fsp3) is 0.400. The van der Waals surface area contributed by atoms with Gasteiger partial charge in [0.05, 0.1) is 0 Å². The van der Waals surface area contributed by atoms with Crippen LogP contribution < -0.4 is 0 Å². The Kier molecular flexibility index (Phi) is 2.35. The van der Waals surface area contributed by atoms with Crippen molar-refractivity contribution in [3.63, 3.8) is 0 Å². The lowest BCUT2D eigenvalue weighted by Gasteiger charge is -2.03.